The van der Waals surface area contributed by atoms with E-state index in [0.29, 0.717) is 23.5 Å². The molecule has 0 spiro atoms. The Balaban J connectivity index is 2.09. The number of halogens is 1. The molecule has 6 heteroatoms. The zero-order valence-corrected chi connectivity index (χ0v) is 12.9. The number of fused-ring (bicyclic) bond motifs is 1. The van der Waals surface area contributed by atoms with Crippen LogP contribution in [0.15, 0.2) is 18.2 Å². The van der Waals surface area contributed by atoms with Gasteiger partial charge in [0.1, 0.15) is 29.6 Å². The number of hydrogen-bond acceptors (Lipinski definition) is 4. The van der Waals surface area contributed by atoms with Crippen molar-refractivity contribution in [1.29, 1.82) is 0 Å². The molecule has 0 aromatic heterocycles. The van der Waals surface area contributed by atoms with Gasteiger partial charge in [-0.25, -0.2) is 0 Å². The normalized spacial score (nSPS) is 21.9. The van der Waals surface area contributed by atoms with Gasteiger partial charge in [0.25, 0.3) is 0 Å². The van der Waals surface area contributed by atoms with Crippen molar-refractivity contribution in [3.05, 3.63) is 23.8 Å². The number of aliphatic hydroxyl groups is 1. The average Bonchev–Trinajstić information content (AvgIpc) is 2.50. The highest BCUT2D eigenvalue weighted by Gasteiger charge is 2.32. The van der Waals surface area contributed by atoms with E-state index >= 15 is 0 Å². The van der Waals surface area contributed by atoms with Crippen LogP contribution in [-0.4, -0.2) is 36.1 Å². The maximum atomic E-state index is 11.9. The van der Waals surface area contributed by atoms with Crippen molar-refractivity contribution in [2.45, 2.75) is 37.3 Å². The summed E-state index contributed by atoms with van der Waals surface area (Å²) in [5, 5.41) is 12.6. The van der Waals surface area contributed by atoms with Gasteiger partial charge >= 0.3 is 0 Å². The molecule has 0 aliphatic carbocycles. The second-order valence-corrected chi connectivity index (χ2v) is 5.56. The fourth-order valence-electron chi connectivity index (χ4n) is 2.28. The lowest BCUT2D eigenvalue weighted by Gasteiger charge is -2.31. The molecule has 116 valence electrons. The second kappa shape index (κ2) is 7.00. The van der Waals surface area contributed by atoms with Gasteiger partial charge < -0.3 is 19.9 Å². The summed E-state index contributed by atoms with van der Waals surface area (Å²) in [6.07, 6.45) is 0.575. The first-order chi connectivity index (χ1) is 10.1. The van der Waals surface area contributed by atoms with E-state index in [9.17, 15) is 9.90 Å². The van der Waals surface area contributed by atoms with Crippen LogP contribution in [0, 0.1) is 0 Å². The lowest BCUT2D eigenvalue weighted by atomic mass is 9.98. The minimum atomic E-state index is -0.849. The van der Waals surface area contributed by atoms with Gasteiger partial charge in [-0.1, -0.05) is 13.3 Å². The van der Waals surface area contributed by atoms with E-state index in [1.165, 1.54) is 0 Å². The Morgan fingerprint density at radius 1 is 1.62 bits per heavy atom. The largest absolute Gasteiger partial charge is 0.497 e. The molecule has 1 heterocycles. The third-order valence-corrected chi connectivity index (χ3v) is 3.91. The van der Waals surface area contributed by atoms with E-state index in [2.05, 4.69) is 5.32 Å². The predicted molar refractivity (Wildman–Crippen MR) is 79.9 cm³/mol. The number of amides is 1. The number of rotatable bonds is 5. The Morgan fingerprint density at radius 2 is 2.38 bits per heavy atom. The number of nitrogens with one attached hydrogen (secondary N) is 1. The first kappa shape index (κ1) is 15.9. The van der Waals surface area contributed by atoms with E-state index in [1.807, 2.05) is 6.92 Å². The molecule has 0 radical (unpaired) electrons. The van der Waals surface area contributed by atoms with Gasteiger partial charge in [0, 0.05) is 5.56 Å². The number of carbonyl (C=O) groups is 1. The summed E-state index contributed by atoms with van der Waals surface area (Å²) in [6, 6.07) is 4.70. The van der Waals surface area contributed by atoms with E-state index in [-0.39, 0.29) is 12.5 Å². The molecule has 0 saturated heterocycles. The Morgan fingerprint density at radius 3 is 3.05 bits per heavy atom. The van der Waals surface area contributed by atoms with E-state index in [1.54, 1.807) is 25.3 Å². The zero-order chi connectivity index (χ0) is 15.4. The molecular weight excluding hydrogens is 294 g/mol. The third kappa shape index (κ3) is 3.60. The summed E-state index contributed by atoms with van der Waals surface area (Å²) in [7, 11) is 1.56. The average molecular weight is 314 g/mol. The minimum Gasteiger partial charge on any atom is -0.497 e. The van der Waals surface area contributed by atoms with Gasteiger partial charge in [0.05, 0.1) is 13.2 Å². The van der Waals surface area contributed by atoms with Crippen LogP contribution in [0.2, 0.25) is 0 Å². The molecular formula is C15H20ClNO4. The summed E-state index contributed by atoms with van der Waals surface area (Å²) >= 11 is 5.99. The van der Waals surface area contributed by atoms with Crippen LogP contribution in [-0.2, 0) is 4.79 Å². The number of carbonyl (C=O) groups excluding carboxylic acids is 1. The third-order valence-electron chi connectivity index (χ3n) is 3.49. The van der Waals surface area contributed by atoms with Crippen molar-refractivity contribution in [3.63, 3.8) is 0 Å². The Hall–Kier alpha value is -1.46. The smallest absolute Gasteiger partial charge is 0.238 e. The van der Waals surface area contributed by atoms with Crippen molar-refractivity contribution in [3.8, 4) is 11.5 Å². The molecule has 3 atom stereocenters. The van der Waals surface area contributed by atoms with Crippen molar-refractivity contribution in [1.82, 2.24) is 5.32 Å². The number of methoxy groups -OCH3 is 1. The van der Waals surface area contributed by atoms with Gasteiger partial charge in [-0.2, -0.15) is 0 Å². The fourth-order valence-corrected chi connectivity index (χ4v) is 2.56. The standard InChI is InChI=1S/C15H20ClNO4/c1-3-4-11(16)15(19)17-12-8-21-13-6-5-9(20-2)7-10(13)14(12)18/h5-7,11-12,14,18H,3-4,8H2,1-2H3,(H,17,19). The van der Waals surface area contributed by atoms with Crippen LogP contribution in [0.1, 0.15) is 31.4 Å². The first-order valence-corrected chi connectivity index (χ1v) is 7.43. The lowest BCUT2D eigenvalue weighted by Crippen LogP contribution is -2.48. The molecule has 2 rings (SSSR count). The minimum absolute atomic E-state index is 0.210. The van der Waals surface area contributed by atoms with Crippen LogP contribution in [0.5, 0.6) is 11.5 Å². The summed E-state index contributed by atoms with van der Waals surface area (Å²) in [5.74, 6) is 0.951. The first-order valence-electron chi connectivity index (χ1n) is 7.00. The molecule has 1 amide bonds. The Labute approximate surface area is 129 Å². The van der Waals surface area contributed by atoms with Crippen LogP contribution in [0.4, 0.5) is 0 Å². The fraction of sp³-hybridized carbons (Fsp3) is 0.533. The maximum absolute atomic E-state index is 11.9. The van der Waals surface area contributed by atoms with Gasteiger partial charge in [0.2, 0.25) is 5.91 Å². The second-order valence-electron chi connectivity index (χ2n) is 5.03. The molecule has 21 heavy (non-hydrogen) atoms. The molecule has 0 saturated carbocycles. The molecule has 1 aromatic rings. The topological polar surface area (TPSA) is 67.8 Å². The van der Waals surface area contributed by atoms with Gasteiger partial charge in [-0.15, -0.1) is 11.6 Å². The number of benzene rings is 1. The monoisotopic (exact) mass is 313 g/mol. The molecule has 1 aromatic carbocycles. The highest BCUT2D eigenvalue weighted by molar-refractivity contribution is 6.30. The van der Waals surface area contributed by atoms with Gasteiger partial charge in [0.15, 0.2) is 0 Å². The van der Waals surface area contributed by atoms with Crippen LogP contribution in [0.3, 0.4) is 0 Å². The summed E-state index contributed by atoms with van der Waals surface area (Å²) in [5.41, 5.74) is 0.604. The number of aliphatic hydroxyl groups excluding tert-OH is 1. The molecule has 2 N–H and O–H groups in total. The number of ether oxygens (including phenoxy) is 2. The summed E-state index contributed by atoms with van der Waals surface area (Å²) in [4.78, 5) is 11.9. The molecule has 0 fully saturated rings. The van der Waals surface area contributed by atoms with Crippen molar-refractivity contribution < 1.29 is 19.4 Å². The van der Waals surface area contributed by atoms with E-state index in [0.717, 1.165) is 6.42 Å². The number of alkyl halides is 1. The summed E-state index contributed by atoms with van der Waals surface area (Å²) in [6.45, 7) is 2.17. The predicted octanol–water partition coefficient (Wildman–Crippen LogP) is 2.01. The van der Waals surface area contributed by atoms with Crippen molar-refractivity contribution in [2.75, 3.05) is 13.7 Å². The SMILES string of the molecule is CCCC(Cl)C(=O)NC1COc2ccc(OC)cc2C1O. The molecule has 3 unspecified atom stereocenters. The lowest BCUT2D eigenvalue weighted by molar-refractivity contribution is -0.123. The molecule has 0 bridgehead atoms. The van der Waals surface area contributed by atoms with Crippen LogP contribution >= 0.6 is 11.6 Å². The molecule has 5 nitrogen and oxygen atoms in total. The zero-order valence-electron chi connectivity index (χ0n) is 12.1. The van der Waals surface area contributed by atoms with Crippen LogP contribution in [0.25, 0.3) is 0 Å². The van der Waals surface area contributed by atoms with Crippen molar-refractivity contribution >= 4 is 17.5 Å². The van der Waals surface area contributed by atoms with Crippen LogP contribution < -0.4 is 14.8 Å². The highest BCUT2D eigenvalue weighted by Crippen LogP contribution is 2.34. The van der Waals surface area contributed by atoms with Gasteiger partial charge in [-0.05, 0) is 24.6 Å². The molecule has 1 aliphatic rings. The maximum Gasteiger partial charge on any atom is 0.238 e. The van der Waals surface area contributed by atoms with E-state index in [4.69, 9.17) is 21.1 Å². The van der Waals surface area contributed by atoms with Gasteiger partial charge in [-0.3, -0.25) is 4.79 Å². The molecule has 1 aliphatic heterocycles. The Kier molecular flexibility index (Phi) is 5.31. The Bertz CT molecular complexity index is 508. The highest BCUT2D eigenvalue weighted by atomic mass is 35.5. The number of hydrogen-bond donors (Lipinski definition) is 2. The van der Waals surface area contributed by atoms with E-state index < -0.39 is 17.5 Å². The quantitative estimate of drug-likeness (QED) is 0.816. The van der Waals surface area contributed by atoms with Crippen molar-refractivity contribution in [2.24, 2.45) is 0 Å². The summed E-state index contributed by atoms with van der Waals surface area (Å²) < 4.78 is 10.7.